The largest absolute Gasteiger partial charge is 0.461 e. The van der Waals surface area contributed by atoms with Crippen LogP contribution in [0.1, 0.15) is 27.7 Å². The molecule has 0 aromatic rings. The van der Waals surface area contributed by atoms with Crippen LogP contribution in [0.15, 0.2) is 0 Å². The van der Waals surface area contributed by atoms with E-state index in [0.717, 1.165) is 0 Å². The predicted molar refractivity (Wildman–Crippen MR) is 88.1 cm³/mol. The molecular formula is C16H28F2O6Si. The van der Waals surface area contributed by atoms with Gasteiger partial charge in [-0.1, -0.05) is 20.8 Å². The van der Waals surface area contributed by atoms with Gasteiger partial charge in [-0.2, -0.15) is 8.78 Å². The summed E-state index contributed by atoms with van der Waals surface area (Å²) in [5, 5.41) is 10.2. The summed E-state index contributed by atoms with van der Waals surface area (Å²) < 4.78 is 49.6. The van der Waals surface area contributed by atoms with Crippen molar-refractivity contribution in [1.29, 1.82) is 0 Å². The second kappa shape index (κ2) is 6.84. The maximum atomic E-state index is 14.3. The molecule has 2 fully saturated rings. The Hall–Kier alpha value is -0.613. The zero-order chi connectivity index (χ0) is 19.2. The van der Waals surface area contributed by atoms with E-state index in [2.05, 4.69) is 25.5 Å². The molecule has 0 aliphatic carbocycles. The summed E-state index contributed by atoms with van der Waals surface area (Å²) in [4.78, 5) is 11.6. The zero-order valence-corrected chi connectivity index (χ0v) is 16.5. The van der Waals surface area contributed by atoms with Crippen molar-refractivity contribution in [1.82, 2.24) is 0 Å². The maximum Gasteiger partial charge on any atom is 0.379 e. The molecule has 2 aliphatic rings. The van der Waals surface area contributed by atoms with Gasteiger partial charge in [-0.15, -0.1) is 0 Å². The fourth-order valence-corrected chi connectivity index (χ4v) is 3.51. The van der Waals surface area contributed by atoms with Crippen molar-refractivity contribution >= 4 is 14.3 Å². The molecule has 0 saturated carbocycles. The maximum absolute atomic E-state index is 14.3. The normalized spacial score (nSPS) is 32.9. The first-order chi connectivity index (χ1) is 11.3. The molecule has 2 aliphatic heterocycles. The Balaban J connectivity index is 2.07. The second-order valence-corrected chi connectivity index (χ2v) is 12.9. The Morgan fingerprint density at radius 3 is 2.32 bits per heavy atom. The van der Waals surface area contributed by atoms with Crippen molar-refractivity contribution in [2.45, 2.75) is 82.3 Å². The summed E-state index contributed by atoms with van der Waals surface area (Å²) in [7, 11) is -2.14. The number of esters is 1. The van der Waals surface area contributed by atoms with Gasteiger partial charge in [-0.3, -0.25) is 0 Å². The van der Waals surface area contributed by atoms with Gasteiger partial charge in [-0.05, 0) is 25.1 Å². The second-order valence-electron chi connectivity index (χ2n) is 8.07. The SMILES string of the molecule is CCOC(=O)C(F)(F)[C@H]1O[C@H](CO[Si](C)(C)C(C)(C)C)[C@@H](O)[C@@H]2O[C@@H]21. The minimum atomic E-state index is -3.84. The van der Waals surface area contributed by atoms with Crippen LogP contribution >= 0.6 is 0 Å². The average Bonchev–Trinajstić information content (AvgIpc) is 3.26. The fraction of sp³-hybridized carbons (Fsp3) is 0.938. The lowest BCUT2D eigenvalue weighted by Gasteiger charge is -2.39. The van der Waals surface area contributed by atoms with Crippen LogP contribution in [0.2, 0.25) is 18.1 Å². The smallest absolute Gasteiger partial charge is 0.379 e. The minimum Gasteiger partial charge on any atom is -0.461 e. The molecule has 1 N–H and O–H groups in total. The van der Waals surface area contributed by atoms with Crippen LogP contribution in [0.25, 0.3) is 0 Å². The van der Waals surface area contributed by atoms with Gasteiger partial charge in [-0.25, -0.2) is 4.79 Å². The van der Waals surface area contributed by atoms with Crippen LogP contribution in [0.3, 0.4) is 0 Å². The van der Waals surface area contributed by atoms with Gasteiger partial charge in [0.2, 0.25) is 0 Å². The van der Waals surface area contributed by atoms with Crippen LogP contribution in [0.5, 0.6) is 0 Å². The topological polar surface area (TPSA) is 77.5 Å². The number of ether oxygens (including phenoxy) is 3. The molecule has 2 heterocycles. The molecule has 6 nitrogen and oxygen atoms in total. The van der Waals surface area contributed by atoms with Crippen LogP contribution in [0, 0.1) is 0 Å². The number of aliphatic hydroxyl groups is 1. The third-order valence-electron chi connectivity index (χ3n) is 5.22. The van der Waals surface area contributed by atoms with Crippen LogP contribution in [-0.4, -0.2) is 69.0 Å². The highest BCUT2D eigenvalue weighted by Crippen LogP contribution is 2.44. The highest BCUT2D eigenvalue weighted by molar-refractivity contribution is 6.74. The summed E-state index contributed by atoms with van der Waals surface area (Å²) in [5.74, 6) is -5.49. The lowest BCUT2D eigenvalue weighted by Crippen LogP contribution is -2.57. The quantitative estimate of drug-likeness (QED) is 0.431. The number of hydrogen-bond acceptors (Lipinski definition) is 6. The van der Waals surface area contributed by atoms with E-state index in [4.69, 9.17) is 13.9 Å². The number of hydrogen-bond donors (Lipinski definition) is 1. The average molecular weight is 382 g/mol. The van der Waals surface area contributed by atoms with Gasteiger partial charge >= 0.3 is 11.9 Å². The fourth-order valence-electron chi connectivity index (χ4n) is 2.49. The molecule has 0 radical (unpaired) electrons. The number of fused-ring (bicyclic) bond motifs is 1. The summed E-state index contributed by atoms with van der Waals surface area (Å²) in [6.07, 6.45) is -5.62. The van der Waals surface area contributed by atoms with Crippen molar-refractivity contribution in [3.8, 4) is 0 Å². The molecule has 0 aromatic heterocycles. The number of epoxide rings is 1. The van der Waals surface area contributed by atoms with Crippen molar-refractivity contribution in [2.75, 3.05) is 13.2 Å². The Morgan fingerprint density at radius 2 is 1.80 bits per heavy atom. The molecule has 0 bridgehead atoms. The van der Waals surface area contributed by atoms with E-state index in [1.807, 2.05) is 13.1 Å². The number of alkyl halides is 2. The summed E-state index contributed by atoms with van der Waals surface area (Å²) in [6, 6.07) is 0. The van der Waals surface area contributed by atoms with E-state index >= 15 is 0 Å². The standard InChI is InChI=1S/C16H28F2O6Si/c1-7-21-14(20)16(17,18)13-12-11(24-12)10(19)9(23-13)8-22-25(5,6)15(2,3)4/h9-13,19H,7-8H2,1-6H3/t9-,10-,11+,12+,13+/m1/s1. The molecule has 2 saturated heterocycles. The van der Waals surface area contributed by atoms with Crippen molar-refractivity contribution in [3.63, 3.8) is 0 Å². The van der Waals surface area contributed by atoms with Gasteiger partial charge in [0.25, 0.3) is 0 Å². The van der Waals surface area contributed by atoms with Gasteiger partial charge in [0.15, 0.2) is 14.4 Å². The molecule has 0 aromatic carbocycles. The minimum absolute atomic E-state index is 0.0281. The van der Waals surface area contributed by atoms with E-state index in [1.165, 1.54) is 6.92 Å². The van der Waals surface area contributed by atoms with Crippen LogP contribution < -0.4 is 0 Å². The molecule has 146 valence electrons. The highest BCUT2D eigenvalue weighted by Gasteiger charge is 2.67. The molecule has 2 rings (SSSR count). The van der Waals surface area contributed by atoms with E-state index in [-0.39, 0.29) is 18.3 Å². The summed E-state index contributed by atoms with van der Waals surface area (Å²) >= 11 is 0. The first-order valence-electron chi connectivity index (χ1n) is 8.51. The number of rotatable bonds is 6. The Kier molecular flexibility index (Phi) is 5.66. The summed E-state index contributed by atoms with van der Waals surface area (Å²) in [5.41, 5.74) is 0. The van der Waals surface area contributed by atoms with Gasteiger partial charge < -0.3 is 23.7 Å². The van der Waals surface area contributed by atoms with Crippen LogP contribution in [0.4, 0.5) is 8.78 Å². The Bertz CT molecular complexity index is 507. The van der Waals surface area contributed by atoms with Gasteiger partial charge in [0.05, 0.1) is 13.2 Å². The van der Waals surface area contributed by atoms with E-state index < -0.39 is 50.7 Å². The van der Waals surface area contributed by atoms with Crippen molar-refractivity contribution in [2.24, 2.45) is 0 Å². The molecule has 0 unspecified atom stereocenters. The molecule has 5 atom stereocenters. The lowest BCUT2D eigenvalue weighted by atomic mass is 9.97. The Morgan fingerprint density at radius 1 is 1.20 bits per heavy atom. The molecule has 0 spiro atoms. The number of halogens is 2. The predicted octanol–water partition coefficient (Wildman–Crippen LogP) is 2.10. The molecular weight excluding hydrogens is 354 g/mol. The molecule has 0 amide bonds. The number of carbonyl (C=O) groups is 1. The van der Waals surface area contributed by atoms with E-state index in [9.17, 15) is 18.7 Å². The van der Waals surface area contributed by atoms with Gasteiger partial charge in [0.1, 0.15) is 24.4 Å². The van der Waals surface area contributed by atoms with Crippen molar-refractivity contribution < 1.29 is 37.3 Å². The molecule has 25 heavy (non-hydrogen) atoms. The van der Waals surface area contributed by atoms with E-state index in [0.29, 0.717) is 0 Å². The summed E-state index contributed by atoms with van der Waals surface area (Å²) in [6.45, 7) is 11.5. The lowest BCUT2D eigenvalue weighted by molar-refractivity contribution is -0.218. The Labute approximate surface area is 147 Å². The number of aliphatic hydroxyl groups excluding tert-OH is 1. The highest BCUT2D eigenvalue weighted by atomic mass is 28.4. The third-order valence-corrected chi connectivity index (χ3v) is 9.72. The first-order valence-corrected chi connectivity index (χ1v) is 11.4. The number of carbonyl (C=O) groups excluding carboxylic acids is 1. The third kappa shape index (κ3) is 4.05. The first kappa shape index (κ1) is 20.7. The van der Waals surface area contributed by atoms with Gasteiger partial charge in [0, 0.05) is 0 Å². The zero-order valence-electron chi connectivity index (χ0n) is 15.5. The molecule has 9 heteroatoms. The van der Waals surface area contributed by atoms with Crippen LogP contribution in [-0.2, 0) is 23.4 Å². The van der Waals surface area contributed by atoms with E-state index in [1.54, 1.807) is 0 Å². The monoisotopic (exact) mass is 382 g/mol. The van der Waals surface area contributed by atoms with Crippen molar-refractivity contribution in [3.05, 3.63) is 0 Å².